The van der Waals surface area contributed by atoms with Crippen molar-refractivity contribution in [3.63, 3.8) is 0 Å². The van der Waals surface area contributed by atoms with Gasteiger partial charge >= 0.3 is 0 Å². The zero-order valence-corrected chi connectivity index (χ0v) is 10.7. The topological polar surface area (TPSA) is 17.1 Å². The smallest absolute Gasteiger partial charge is 0.185 e. The quantitative estimate of drug-likeness (QED) is 0.384. The average molecular weight is 216 g/mol. The Labute approximate surface area is 87.0 Å². The Bertz CT molecular complexity index is 178. The maximum absolute atomic E-state index is 10.7. The average Bonchev–Trinajstić information content (AvgIpc) is 1.98. The number of hydrogen-bond donors (Lipinski definition) is 0. The molecule has 0 rings (SSSR count). The Balaban J connectivity index is 3.51. The van der Waals surface area contributed by atoms with Crippen molar-refractivity contribution in [2.75, 3.05) is 5.75 Å². The second kappa shape index (κ2) is 6.43. The van der Waals surface area contributed by atoms with Crippen LogP contribution in [0.5, 0.6) is 0 Å². The lowest BCUT2D eigenvalue weighted by atomic mass is 10.6. The highest BCUT2D eigenvalue weighted by Crippen LogP contribution is 2.19. The van der Waals surface area contributed by atoms with Crippen molar-refractivity contribution in [2.24, 2.45) is 0 Å². The summed E-state index contributed by atoms with van der Waals surface area (Å²) in [5.74, 6) is 0.989. The lowest BCUT2D eigenvalue weighted by Gasteiger charge is -2.19. The molecule has 76 valence electrons. The molecule has 0 N–H and O–H groups in total. The highest BCUT2D eigenvalue weighted by atomic mass is 32.2. The van der Waals surface area contributed by atoms with Gasteiger partial charge in [0.1, 0.15) is 0 Å². The van der Waals surface area contributed by atoms with Crippen molar-refractivity contribution < 1.29 is 4.79 Å². The second-order valence-electron chi connectivity index (χ2n) is 4.10. The van der Waals surface area contributed by atoms with E-state index < -0.39 is 8.07 Å². The van der Waals surface area contributed by atoms with Gasteiger partial charge in [0.25, 0.3) is 0 Å². The Morgan fingerprint density at radius 3 is 2.62 bits per heavy atom. The molecule has 0 aliphatic heterocycles. The molecule has 3 heteroatoms. The Hall–Kier alpha value is -0.0231. The summed E-state index contributed by atoms with van der Waals surface area (Å²) >= 11 is 1.45. The third kappa shape index (κ3) is 8.31. The first-order valence-corrected chi connectivity index (χ1v) is 9.12. The van der Waals surface area contributed by atoms with E-state index in [2.05, 4.69) is 19.7 Å². The van der Waals surface area contributed by atoms with Crippen LogP contribution >= 0.6 is 11.8 Å². The molecule has 0 aromatic heterocycles. The summed E-state index contributed by atoms with van der Waals surface area (Å²) in [4.78, 5) is 10.7. The molecule has 0 aromatic rings. The third-order valence-corrected chi connectivity index (χ3v) is 6.00. The molecule has 0 atom stereocenters. The molecule has 0 fully saturated rings. The predicted octanol–water partition coefficient (Wildman–Crippen LogP) is 3.55. The number of hydrogen-bond acceptors (Lipinski definition) is 2. The van der Waals surface area contributed by atoms with Crippen LogP contribution in [0.15, 0.2) is 12.7 Å². The van der Waals surface area contributed by atoms with Crippen molar-refractivity contribution in [3.8, 4) is 0 Å². The predicted molar refractivity (Wildman–Crippen MR) is 65.0 cm³/mol. The van der Waals surface area contributed by atoms with Crippen LogP contribution in [0.25, 0.3) is 0 Å². The first-order chi connectivity index (χ1) is 5.98. The lowest BCUT2D eigenvalue weighted by Crippen LogP contribution is -2.23. The van der Waals surface area contributed by atoms with Gasteiger partial charge in [-0.2, -0.15) is 0 Å². The Morgan fingerprint density at radius 2 is 2.15 bits per heavy atom. The number of allylic oxidation sites excluding steroid dienone is 1. The second-order valence-corrected chi connectivity index (χ2v) is 10.6. The summed E-state index contributed by atoms with van der Waals surface area (Å²) in [7, 11) is -1.02. The fourth-order valence-corrected chi connectivity index (χ4v) is 4.21. The number of rotatable bonds is 6. The van der Waals surface area contributed by atoms with Crippen LogP contribution in [-0.4, -0.2) is 18.9 Å². The summed E-state index contributed by atoms with van der Waals surface area (Å²) in [6.07, 6.45) is 3.21. The van der Waals surface area contributed by atoms with Gasteiger partial charge in [-0.15, -0.1) is 6.58 Å². The molecule has 0 aliphatic carbocycles. The van der Waals surface area contributed by atoms with Crippen molar-refractivity contribution in [1.82, 2.24) is 0 Å². The van der Waals surface area contributed by atoms with Crippen LogP contribution < -0.4 is 0 Å². The summed E-state index contributed by atoms with van der Waals surface area (Å²) in [5, 5.41) is 0.239. The summed E-state index contributed by atoms with van der Waals surface area (Å²) in [6, 6.07) is 2.50. The first kappa shape index (κ1) is 13.0. The van der Waals surface area contributed by atoms with Gasteiger partial charge in [-0.05, 0) is 12.5 Å². The van der Waals surface area contributed by atoms with Crippen molar-refractivity contribution in [1.29, 1.82) is 0 Å². The zero-order chi connectivity index (χ0) is 10.3. The van der Waals surface area contributed by atoms with E-state index in [4.69, 9.17) is 0 Å². The Kier molecular flexibility index (Phi) is 6.42. The maximum Gasteiger partial charge on any atom is 0.185 e. The van der Waals surface area contributed by atoms with Crippen LogP contribution in [0, 0.1) is 0 Å². The number of thioether (sulfide) groups is 1. The summed E-state index contributed by atoms with van der Waals surface area (Å²) in [5.41, 5.74) is 0. The minimum Gasteiger partial charge on any atom is -0.288 e. The van der Waals surface area contributed by atoms with E-state index in [-0.39, 0.29) is 5.12 Å². The van der Waals surface area contributed by atoms with Gasteiger partial charge in [0.2, 0.25) is 0 Å². The van der Waals surface area contributed by atoms with E-state index in [1.54, 1.807) is 6.92 Å². The van der Waals surface area contributed by atoms with E-state index in [9.17, 15) is 4.79 Å². The minimum absolute atomic E-state index is 0.239. The molecule has 0 saturated carbocycles. The highest BCUT2D eigenvalue weighted by molar-refractivity contribution is 8.13. The van der Waals surface area contributed by atoms with Gasteiger partial charge in [-0.1, -0.05) is 37.0 Å². The van der Waals surface area contributed by atoms with E-state index in [0.29, 0.717) is 0 Å². The minimum atomic E-state index is -1.02. The van der Waals surface area contributed by atoms with Crippen LogP contribution in [0.4, 0.5) is 0 Å². The highest BCUT2D eigenvalue weighted by Gasteiger charge is 2.17. The molecule has 0 unspecified atom stereocenters. The molecule has 0 bridgehead atoms. The molecule has 0 aromatic carbocycles. The summed E-state index contributed by atoms with van der Waals surface area (Å²) < 4.78 is 0. The van der Waals surface area contributed by atoms with Gasteiger partial charge < -0.3 is 0 Å². The maximum atomic E-state index is 10.7. The van der Waals surface area contributed by atoms with Gasteiger partial charge in [-0.3, -0.25) is 4.79 Å². The molecule has 0 spiro atoms. The van der Waals surface area contributed by atoms with E-state index in [1.807, 2.05) is 6.08 Å². The van der Waals surface area contributed by atoms with Crippen LogP contribution in [-0.2, 0) is 4.79 Å². The molecule has 0 amide bonds. The largest absolute Gasteiger partial charge is 0.288 e. The molecule has 0 radical (unpaired) electrons. The van der Waals surface area contributed by atoms with E-state index in [1.165, 1.54) is 30.3 Å². The normalized spacial score (nSPS) is 11.3. The van der Waals surface area contributed by atoms with E-state index in [0.717, 1.165) is 5.75 Å². The van der Waals surface area contributed by atoms with Gasteiger partial charge in [0.05, 0.1) is 8.07 Å². The first-order valence-electron chi connectivity index (χ1n) is 4.72. The fraction of sp³-hybridized carbons (Fsp3) is 0.700. The van der Waals surface area contributed by atoms with Crippen LogP contribution in [0.2, 0.25) is 25.2 Å². The van der Waals surface area contributed by atoms with Crippen LogP contribution in [0.1, 0.15) is 13.3 Å². The molecule has 1 nitrogen and oxygen atoms in total. The molecular weight excluding hydrogens is 196 g/mol. The van der Waals surface area contributed by atoms with E-state index >= 15 is 0 Å². The molecule has 0 heterocycles. The van der Waals surface area contributed by atoms with Gasteiger partial charge in [-0.25, -0.2) is 0 Å². The zero-order valence-electron chi connectivity index (χ0n) is 8.93. The van der Waals surface area contributed by atoms with Gasteiger partial charge in [0, 0.05) is 12.7 Å². The van der Waals surface area contributed by atoms with Crippen molar-refractivity contribution in [2.45, 2.75) is 38.5 Å². The van der Waals surface area contributed by atoms with Crippen molar-refractivity contribution in [3.05, 3.63) is 12.7 Å². The fourth-order valence-electron chi connectivity index (χ4n) is 1.26. The van der Waals surface area contributed by atoms with Crippen molar-refractivity contribution >= 4 is 25.0 Å². The molecular formula is C10H20OSSi. The molecule has 13 heavy (non-hydrogen) atoms. The SMILES string of the molecule is C=CC[Si](C)(C)CCCSC(C)=O. The third-order valence-electron chi connectivity index (χ3n) is 2.00. The number of carbonyl (C=O) groups excluding carboxylic acids is 1. The van der Waals surface area contributed by atoms with Crippen LogP contribution in [0.3, 0.4) is 0 Å². The van der Waals surface area contributed by atoms with Gasteiger partial charge in [0.15, 0.2) is 5.12 Å². The standard InChI is InChI=1S/C10H20OSSi/c1-5-8-13(3,4)9-6-7-12-10(2)11/h5H,1,6-9H2,2-4H3. The number of carbonyl (C=O) groups is 1. The summed E-state index contributed by atoms with van der Waals surface area (Å²) in [6.45, 7) is 10.2. The molecule has 0 aliphatic rings. The molecule has 0 saturated heterocycles. The Morgan fingerprint density at radius 1 is 1.54 bits per heavy atom. The lowest BCUT2D eigenvalue weighted by molar-refractivity contribution is -0.109. The monoisotopic (exact) mass is 216 g/mol.